The summed E-state index contributed by atoms with van der Waals surface area (Å²) in [7, 11) is 0. The first-order chi connectivity index (χ1) is 16.6. The van der Waals surface area contributed by atoms with E-state index in [1.165, 1.54) is 27.6 Å². The van der Waals surface area contributed by atoms with Crippen LogP contribution in [0.1, 0.15) is 36.0 Å². The molecule has 6 heteroatoms. The number of piperazine rings is 1. The SMILES string of the molecule is C=CN1CCN(c2nc(CC)nc3c2CCN(c2cccc4cccc(C)c24)C3)CC1CC#N. The number of hydrogen-bond acceptors (Lipinski definition) is 6. The van der Waals surface area contributed by atoms with Crippen LogP contribution in [-0.2, 0) is 19.4 Å². The molecule has 0 saturated carbocycles. The molecule has 3 aromatic rings. The Labute approximate surface area is 202 Å². The summed E-state index contributed by atoms with van der Waals surface area (Å²) in [5.74, 6) is 1.97. The van der Waals surface area contributed by atoms with Crippen molar-refractivity contribution in [2.75, 3.05) is 36.0 Å². The van der Waals surface area contributed by atoms with Crippen LogP contribution < -0.4 is 9.80 Å². The van der Waals surface area contributed by atoms with Crippen molar-refractivity contribution >= 4 is 22.3 Å². The molecule has 0 spiro atoms. The van der Waals surface area contributed by atoms with E-state index in [0.29, 0.717) is 6.42 Å². The number of nitriles is 1. The summed E-state index contributed by atoms with van der Waals surface area (Å²) in [4.78, 5) is 17.0. The lowest BCUT2D eigenvalue weighted by molar-refractivity contribution is 0.251. The van der Waals surface area contributed by atoms with Crippen molar-refractivity contribution in [2.24, 2.45) is 0 Å². The topological polar surface area (TPSA) is 59.3 Å². The first-order valence-corrected chi connectivity index (χ1v) is 12.2. The molecule has 0 N–H and O–H groups in total. The van der Waals surface area contributed by atoms with Gasteiger partial charge in [0.05, 0.1) is 30.8 Å². The summed E-state index contributed by atoms with van der Waals surface area (Å²) >= 11 is 0. The second-order valence-electron chi connectivity index (χ2n) is 9.25. The van der Waals surface area contributed by atoms with Gasteiger partial charge in [0.2, 0.25) is 0 Å². The lowest BCUT2D eigenvalue weighted by Crippen LogP contribution is -2.51. The van der Waals surface area contributed by atoms with Gasteiger partial charge in [-0.25, -0.2) is 9.97 Å². The van der Waals surface area contributed by atoms with Gasteiger partial charge in [-0.1, -0.05) is 43.8 Å². The van der Waals surface area contributed by atoms with Gasteiger partial charge in [-0.05, 0) is 36.6 Å². The molecule has 2 aromatic carbocycles. The summed E-state index contributed by atoms with van der Waals surface area (Å²) in [5, 5.41) is 11.9. The maximum atomic E-state index is 9.33. The fourth-order valence-corrected chi connectivity index (χ4v) is 5.44. The van der Waals surface area contributed by atoms with Crippen LogP contribution in [0.3, 0.4) is 0 Å². The molecule has 1 aromatic heterocycles. The molecule has 2 aliphatic rings. The van der Waals surface area contributed by atoms with Crippen molar-refractivity contribution in [3.63, 3.8) is 0 Å². The predicted octanol–water partition coefficient (Wildman–Crippen LogP) is 4.61. The lowest BCUT2D eigenvalue weighted by atomic mass is 9.99. The Bertz CT molecular complexity index is 1250. The molecule has 1 fully saturated rings. The minimum atomic E-state index is 0.144. The van der Waals surface area contributed by atoms with E-state index in [1.807, 2.05) is 6.20 Å². The van der Waals surface area contributed by atoms with Gasteiger partial charge < -0.3 is 14.7 Å². The Morgan fingerprint density at radius 3 is 2.71 bits per heavy atom. The van der Waals surface area contributed by atoms with Gasteiger partial charge in [-0.2, -0.15) is 5.26 Å². The van der Waals surface area contributed by atoms with Crippen molar-refractivity contribution in [1.29, 1.82) is 5.26 Å². The summed E-state index contributed by atoms with van der Waals surface area (Å²) in [5.41, 5.74) is 5.00. The van der Waals surface area contributed by atoms with Crippen molar-refractivity contribution in [3.8, 4) is 6.07 Å². The first kappa shape index (κ1) is 22.2. The van der Waals surface area contributed by atoms with Crippen molar-refractivity contribution < 1.29 is 0 Å². The Hall–Kier alpha value is -3.59. The van der Waals surface area contributed by atoms with E-state index in [0.717, 1.165) is 62.9 Å². The van der Waals surface area contributed by atoms with Gasteiger partial charge in [0.25, 0.3) is 0 Å². The number of hydrogen-bond donors (Lipinski definition) is 0. The zero-order chi connectivity index (χ0) is 23.7. The average Bonchev–Trinajstić information content (AvgIpc) is 2.87. The van der Waals surface area contributed by atoms with E-state index in [1.54, 1.807) is 0 Å². The molecule has 0 radical (unpaired) electrons. The molecule has 0 amide bonds. The van der Waals surface area contributed by atoms with Crippen LogP contribution in [0, 0.1) is 18.3 Å². The molecule has 0 bridgehead atoms. The molecule has 6 nitrogen and oxygen atoms in total. The molecule has 1 unspecified atom stereocenters. The second-order valence-corrected chi connectivity index (χ2v) is 9.25. The van der Waals surface area contributed by atoms with E-state index in [-0.39, 0.29) is 6.04 Å². The zero-order valence-electron chi connectivity index (χ0n) is 20.2. The molecule has 2 aliphatic heterocycles. The van der Waals surface area contributed by atoms with Crippen molar-refractivity contribution in [2.45, 2.75) is 45.7 Å². The van der Waals surface area contributed by atoms with Gasteiger partial charge in [0.15, 0.2) is 0 Å². The van der Waals surface area contributed by atoms with Crippen molar-refractivity contribution in [3.05, 3.63) is 71.8 Å². The van der Waals surface area contributed by atoms with E-state index >= 15 is 0 Å². The van der Waals surface area contributed by atoms with Crippen LogP contribution in [0.4, 0.5) is 11.5 Å². The van der Waals surface area contributed by atoms with Gasteiger partial charge in [-0.15, -0.1) is 0 Å². The van der Waals surface area contributed by atoms with E-state index in [2.05, 4.69) is 77.6 Å². The minimum Gasteiger partial charge on any atom is -0.370 e. The van der Waals surface area contributed by atoms with Gasteiger partial charge in [-0.3, -0.25) is 0 Å². The van der Waals surface area contributed by atoms with Gasteiger partial charge in [0.1, 0.15) is 11.6 Å². The molecule has 1 atom stereocenters. The molecule has 0 aliphatic carbocycles. The Morgan fingerprint density at radius 2 is 1.94 bits per heavy atom. The fraction of sp³-hybridized carbons (Fsp3) is 0.393. The highest BCUT2D eigenvalue weighted by Crippen LogP contribution is 2.35. The van der Waals surface area contributed by atoms with E-state index in [9.17, 15) is 5.26 Å². The number of anilines is 2. The predicted molar refractivity (Wildman–Crippen MR) is 138 cm³/mol. The number of fused-ring (bicyclic) bond motifs is 2. The molecular formula is C28H32N6. The van der Waals surface area contributed by atoms with Crippen molar-refractivity contribution in [1.82, 2.24) is 14.9 Å². The minimum absolute atomic E-state index is 0.144. The molecule has 34 heavy (non-hydrogen) atoms. The fourth-order valence-electron chi connectivity index (χ4n) is 5.44. The van der Waals surface area contributed by atoms with Gasteiger partial charge >= 0.3 is 0 Å². The molecule has 174 valence electrons. The smallest absolute Gasteiger partial charge is 0.136 e. The van der Waals surface area contributed by atoms with E-state index in [4.69, 9.17) is 9.97 Å². The van der Waals surface area contributed by atoms with Crippen LogP contribution in [0.2, 0.25) is 0 Å². The monoisotopic (exact) mass is 452 g/mol. The third-order valence-corrected chi connectivity index (χ3v) is 7.23. The standard InChI is InChI=1S/C28H32N6/c1-4-26-30-24-19-33(25-11-7-10-21-9-6-8-20(3)27(21)25)15-13-23(24)28(31-26)34-17-16-32(5-2)22(18-34)12-14-29/h5-11,22H,2,4,12-13,15-19H2,1,3H3. The third-order valence-electron chi connectivity index (χ3n) is 7.23. The second kappa shape index (κ2) is 9.34. The molecule has 1 saturated heterocycles. The van der Waals surface area contributed by atoms with Crippen LogP contribution in [0.25, 0.3) is 10.8 Å². The van der Waals surface area contributed by atoms with Crippen LogP contribution in [0.15, 0.2) is 49.2 Å². The Balaban J connectivity index is 1.50. The number of aromatic nitrogens is 2. The average molecular weight is 453 g/mol. The first-order valence-electron chi connectivity index (χ1n) is 12.2. The van der Waals surface area contributed by atoms with Gasteiger partial charge in [0, 0.05) is 49.2 Å². The number of nitrogens with zero attached hydrogens (tertiary/aromatic N) is 6. The maximum absolute atomic E-state index is 9.33. The Kier molecular flexibility index (Phi) is 6.10. The quantitative estimate of drug-likeness (QED) is 0.563. The molecular weight excluding hydrogens is 420 g/mol. The number of rotatable bonds is 5. The highest BCUT2D eigenvalue weighted by molar-refractivity contribution is 5.97. The van der Waals surface area contributed by atoms with Crippen LogP contribution in [-0.4, -0.2) is 47.1 Å². The number of benzene rings is 2. The van der Waals surface area contributed by atoms with E-state index < -0.39 is 0 Å². The summed E-state index contributed by atoms with van der Waals surface area (Å²) < 4.78 is 0. The van der Waals surface area contributed by atoms with Crippen LogP contribution in [0.5, 0.6) is 0 Å². The molecule has 5 rings (SSSR count). The third kappa shape index (κ3) is 3.96. The van der Waals surface area contributed by atoms with Crippen LogP contribution >= 0.6 is 0 Å². The summed E-state index contributed by atoms with van der Waals surface area (Å²) in [6.07, 6.45) is 4.09. The summed E-state index contributed by atoms with van der Waals surface area (Å²) in [6.45, 7) is 12.5. The number of aryl methyl sites for hydroxylation is 2. The zero-order valence-corrected chi connectivity index (χ0v) is 20.2. The Morgan fingerprint density at radius 1 is 1.12 bits per heavy atom. The highest BCUT2D eigenvalue weighted by atomic mass is 15.3. The molecule has 3 heterocycles. The summed E-state index contributed by atoms with van der Waals surface area (Å²) in [6, 6.07) is 15.6. The maximum Gasteiger partial charge on any atom is 0.136 e. The lowest BCUT2D eigenvalue weighted by Gasteiger charge is -2.42. The largest absolute Gasteiger partial charge is 0.370 e. The normalized spacial score (nSPS) is 18.0. The highest BCUT2D eigenvalue weighted by Gasteiger charge is 2.30.